The summed E-state index contributed by atoms with van der Waals surface area (Å²) in [5.74, 6) is -3.23. The number of aldehydes is 1. The van der Waals surface area contributed by atoms with Crippen molar-refractivity contribution in [2.45, 2.75) is 50.7 Å². The average molecular weight is 557 g/mol. The third kappa shape index (κ3) is 8.11. The third-order valence-corrected chi connectivity index (χ3v) is 6.47. The molecule has 0 bridgehead atoms. The van der Waals surface area contributed by atoms with Gasteiger partial charge in [0.1, 0.15) is 18.4 Å². The summed E-state index contributed by atoms with van der Waals surface area (Å²) >= 11 is 6.29. The molecule has 1 fully saturated rings. The number of halogens is 1. The van der Waals surface area contributed by atoms with Crippen LogP contribution in [0.25, 0.3) is 0 Å². The smallest absolute Gasteiger partial charge is 0.305 e. The Morgan fingerprint density at radius 2 is 1.82 bits per heavy atom. The fourth-order valence-electron chi connectivity index (χ4n) is 4.23. The minimum Gasteiger partial charge on any atom is -0.481 e. The van der Waals surface area contributed by atoms with Crippen molar-refractivity contribution in [3.05, 3.63) is 64.7 Å². The number of carboxylic acids is 1. The molecule has 0 aliphatic carbocycles. The number of carbonyl (C=O) groups is 6. The van der Waals surface area contributed by atoms with Crippen LogP contribution in [0.4, 0.5) is 5.69 Å². The van der Waals surface area contributed by atoms with E-state index in [1.165, 1.54) is 30.0 Å². The number of benzene rings is 2. The summed E-state index contributed by atoms with van der Waals surface area (Å²) in [4.78, 5) is 74.1. The molecule has 2 aromatic carbocycles. The molecule has 4 N–H and O–H groups in total. The number of carbonyl (C=O) groups excluding carboxylic acids is 5. The van der Waals surface area contributed by atoms with Gasteiger partial charge >= 0.3 is 5.97 Å². The van der Waals surface area contributed by atoms with Crippen molar-refractivity contribution in [2.75, 3.05) is 11.9 Å². The first-order chi connectivity index (χ1) is 18.6. The zero-order chi connectivity index (χ0) is 28.5. The second kappa shape index (κ2) is 13.5. The quantitative estimate of drug-likeness (QED) is 0.307. The highest BCUT2D eigenvalue weighted by molar-refractivity contribution is 6.34. The van der Waals surface area contributed by atoms with Crippen LogP contribution < -0.4 is 16.0 Å². The van der Waals surface area contributed by atoms with E-state index in [0.717, 1.165) is 5.56 Å². The van der Waals surface area contributed by atoms with Crippen molar-refractivity contribution in [1.82, 2.24) is 15.5 Å². The summed E-state index contributed by atoms with van der Waals surface area (Å²) < 4.78 is 0. The lowest BCUT2D eigenvalue weighted by Gasteiger charge is -2.27. The van der Waals surface area contributed by atoms with Crippen LogP contribution >= 0.6 is 11.6 Å². The molecule has 12 heteroatoms. The number of hydrogen-bond acceptors (Lipinski definition) is 6. The van der Waals surface area contributed by atoms with Gasteiger partial charge in [-0.25, -0.2) is 0 Å². The molecule has 1 aliphatic rings. The molecule has 2 aromatic rings. The van der Waals surface area contributed by atoms with Crippen LogP contribution in [0.3, 0.4) is 0 Å². The molecule has 39 heavy (non-hydrogen) atoms. The Hall–Kier alpha value is -4.25. The van der Waals surface area contributed by atoms with Crippen LogP contribution in [-0.4, -0.2) is 70.6 Å². The molecular formula is C27H29ClN4O7. The molecule has 0 aromatic heterocycles. The van der Waals surface area contributed by atoms with E-state index in [0.29, 0.717) is 24.8 Å². The van der Waals surface area contributed by atoms with Crippen LogP contribution in [0.2, 0.25) is 5.02 Å². The minimum absolute atomic E-state index is 0.144. The number of carboxylic acid groups (broad SMARTS) is 1. The maximum atomic E-state index is 13.0. The van der Waals surface area contributed by atoms with E-state index in [1.807, 2.05) is 30.3 Å². The summed E-state index contributed by atoms with van der Waals surface area (Å²) in [7, 11) is 0. The number of likely N-dealkylation sites (tertiary alicyclic amines) is 1. The summed E-state index contributed by atoms with van der Waals surface area (Å²) in [5, 5.41) is 16.7. The first kappa shape index (κ1) is 29.3. The highest BCUT2D eigenvalue weighted by Gasteiger charge is 2.37. The second-order valence-corrected chi connectivity index (χ2v) is 9.55. The molecule has 1 aliphatic heterocycles. The van der Waals surface area contributed by atoms with Gasteiger partial charge in [0.25, 0.3) is 5.91 Å². The van der Waals surface area contributed by atoms with E-state index in [-0.39, 0.29) is 29.5 Å². The molecule has 3 rings (SSSR count). The number of amides is 4. The number of nitrogens with zero attached hydrogens (tertiary/aromatic N) is 1. The lowest BCUT2D eigenvalue weighted by molar-refractivity contribution is -0.141. The maximum Gasteiger partial charge on any atom is 0.305 e. The average Bonchev–Trinajstić information content (AvgIpc) is 3.39. The maximum absolute atomic E-state index is 13.0. The van der Waals surface area contributed by atoms with Crippen LogP contribution in [-0.2, 0) is 30.4 Å². The summed E-state index contributed by atoms with van der Waals surface area (Å²) in [6.07, 6.45) is 0.789. The van der Waals surface area contributed by atoms with Gasteiger partial charge < -0.3 is 30.8 Å². The second-order valence-electron chi connectivity index (χ2n) is 9.14. The topological polar surface area (TPSA) is 162 Å². The Morgan fingerprint density at radius 3 is 2.46 bits per heavy atom. The zero-order valence-corrected chi connectivity index (χ0v) is 21.9. The molecule has 206 valence electrons. The summed E-state index contributed by atoms with van der Waals surface area (Å²) in [6.45, 7) is 1.75. The van der Waals surface area contributed by atoms with Crippen molar-refractivity contribution in [3.8, 4) is 0 Å². The Morgan fingerprint density at radius 1 is 1.10 bits per heavy atom. The van der Waals surface area contributed by atoms with Gasteiger partial charge in [-0.2, -0.15) is 0 Å². The Bertz CT molecular complexity index is 1250. The van der Waals surface area contributed by atoms with E-state index in [4.69, 9.17) is 16.7 Å². The number of aliphatic carboxylic acids is 1. The summed E-state index contributed by atoms with van der Waals surface area (Å²) in [6, 6.07) is 10.4. The Kier molecular flexibility index (Phi) is 10.2. The predicted octanol–water partition coefficient (Wildman–Crippen LogP) is 1.79. The van der Waals surface area contributed by atoms with E-state index in [2.05, 4.69) is 16.0 Å². The highest BCUT2D eigenvalue weighted by atomic mass is 35.5. The first-order valence-electron chi connectivity index (χ1n) is 12.3. The van der Waals surface area contributed by atoms with Gasteiger partial charge in [0.15, 0.2) is 0 Å². The van der Waals surface area contributed by atoms with Gasteiger partial charge in [0.2, 0.25) is 17.7 Å². The lowest BCUT2D eigenvalue weighted by atomic mass is 10.1. The van der Waals surface area contributed by atoms with Gasteiger partial charge in [-0.1, -0.05) is 41.9 Å². The van der Waals surface area contributed by atoms with Crippen molar-refractivity contribution < 1.29 is 33.9 Å². The van der Waals surface area contributed by atoms with Gasteiger partial charge in [-0.3, -0.25) is 24.0 Å². The number of rotatable bonds is 11. The molecule has 4 amide bonds. The predicted molar refractivity (Wildman–Crippen MR) is 142 cm³/mol. The monoisotopic (exact) mass is 556 g/mol. The van der Waals surface area contributed by atoms with E-state index >= 15 is 0 Å². The normalized spacial score (nSPS) is 16.1. The molecule has 11 nitrogen and oxygen atoms in total. The minimum atomic E-state index is -1.24. The van der Waals surface area contributed by atoms with Gasteiger partial charge in [-0.15, -0.1) is 0 Å². The fourth-order valence-corrected chi connectivity index (χ4v) is 4.45. The van der Waals surface area contributed by atoms with Crippen LogP contribution in [0.5, 0.6) is 0 Å². The number of nitrogens with one attached hydrogen (secondary N) is 3. The highest BCUT2D eigenvalue weighted by Crippen LogP contribution is 2.24. The molecule has 0 spiro atoms. The SMILES string of the molecule is C[C@H](NC(=O)c1ccc(NC(=O)Cc2ccccc2)c(Cl)c1)C(=O)N1CCCC1C(=O)N[C@H](C=O)CC(=O)O. The lowest BCUT2D eigenvalue weighted by Crippen LogP contribution is -2.54. The number of anilines is 1. The largest absolute Gasteiger partial charge is 0.481 e. The zero-order valence-electron chi connectivity index (χ0n) is 21.2. The summed E-state index contributed by atoms with van der Waals surface area (Å²) in [5.41, 5.74) is 1.34. The number of hydrogen-bond donors (Lipinski definition) is 4. The van der Waals surface area contributed by atoms with Crippen LogP contribution in [0, 0.1) is 0 Å². The van der Waals surface area contributed by atoms with Gasteiger partial charge in [0.05, 0.1) is 29.6 Å². The standard InChI is InChI=1S/C27H29ClN4O7/c1-16(27(39)32-11-5-8-22(32)26(38)30-19(15-33)14-24(35)36)29-25(37)18-9-10-21(20(28)13-18)31-23(34)12-17-6-3-2-4-7-17/h2-4,6-7,9-10,13,15-16,19,22H,5,8,11-12,14H2,1H3,(H,29,37)(H,30,38)(H,31,34)(H,35,36)/t16-,19-,22?/m0/s1. The first-order valence-corrected chi connectivity index (χ1v) is 12.7. The van der Waals surface area contributed by atoms with E-state index < -0.39 is 48.2 Å². The van der Waals surface area contributed by atoms with Crippen molar-refractivity contribution in [3.63, 3.8) is 0 Å². The fraction of sp³-hybridized carbons (Fsp3) is 0.333. The molecule has 0 saturated carbocycles. The molecule has 1 unspecified atom stereocenters. The Balaban J connectivity index is 1.58. The van der Waals surface area contributed by atoms with Gasteiger partial charge in [-0.05, 0) is 43.5 Å². The molecule has 3 atom stereocenters. The third-order valence-electron chi connectivity index (χ3n) is 6.16. The van der Waals surface area contributed by atoms with Crippen LogP contribution in [0.15, 0.2) is 48.5 Å². The van der Waals surface area contributed by atoms with Crippen LogP contribution in [0.1, 0.15) is 42.1 Å². The van der Waals surface area contributed by atoms with E-state index in [1.54, 1.807) is 0 Å². The van der Waals surface area contributed by atoms with E-state index in [9.17, 15) is 28.8 Å². The van der Waals surface area contributed by atoms with Gasteiger partial charge in [0, 0.05) is 12.1 Å². The van der Waals surface area contributed by atoms with Crippen molar-refractivity contribution >= 4 is 53.2 Å². The van der Waals surface area contributed by atoms with Crippen molar-refractivity contribution in [1.29, 1.82) is 0 Å². The molecule has 0 radical (unpaired) electrons. The Labute approximate surface area is 229 Å². The molecule has 1 saturated heterocycles. The van der Waals surface area contributed by atoms with Crippen molar-refractivity contribution in [2.24, 2.45) is 0 Å². The molecular weight excluding hydrogens is 528 g/mol. The molecule has 1 heterocycles.